The van der Waals surface area contributed by atoms with Gasteiger partial charge in [0.05, 0.1) is 23.6 Å². The van der Waals surface area contributed by atoms with Crippen LogP contribution >= 0.6 is 23.4 Å². The van der Waals surface area contributed by atoms with Crippen molar-refractivity contribution in [2.24, 2.45) is 0 Å². The summed E-state index contributed by atoms with van der Waals surface area (Å²) in [6, 6.07) is 20.9. The third-order valence-electron chi connectivity index (χ3n) is 4.82. The zero-order valence-corrected chi connectivity index (χ0v) is 19.2. The molecule has 1 amide bonds. The van der Waals surface area contributed by atoms with Crippen molar-refractivity contribution >= 4 is 29.3 Å². The maximum Gasteiger partial charge on any atom is 0.230 e. The lowest BCUT2D eigenvalue weighted by Crippen LogP contribution is -2.24. The topological polar surface area (TPSA) is 69.0 Å². The largest absolute Gasteiger partial charge is 0.497 e. The number of para-hydroxylation sites is 1. The summed E-state index contributed by atoms with van der Waals surface area (Å²) in [6.07, 6.45) is 0. The minimum atomic E-state index is -0.434. The molecule has 0 saturated carbocycles. The monoisotopic (exact) mass is 482 g/mol. The van der Waals surface area contributed by atoms with E-state index in [0.29, 0.717) is 28.1 Å². The molecule has 0 unspecified atom stereocenters. The number of amides is 1. The van der Waals surface area contributed by atoms with Crippen LogP contribution in [0, 0.1) is 5.82 Å². The second kappa shape index (κ2) is 10.5. The van der Waals surface area contributed by atoms with Crippen LogP contribution in [0.3, 0.4) is 0 Å². The van der Waals surface area contributed by atoms with E-state index in [1.165, 1.54) is 17.8 Å². The van der Waals surface area contributed by atoms with E-state index in [4.69, 9.17) is 16.3 Å². The Morgan fingerprint density at radius 3 is 2.52 bits per heavy atom. The minimum Gasteiger partial charge on any atom is -0.497 e. The van der Waals surface area contributed by atoms with Gasteiger partial charge in [-0.05, 0) is 42.0 Å². The van der Waals surface area contributed by atoms with Crippen molar-refractivity contribution in [3.63, 3.8) is 0 Å². The van der Waals surface area contributed by atoms with Crippen LogP contribution in [-0.2, 0) is 11.3 Å². The first kappa shape index (κ1) is 22.8. The van der Waals surface area contributed by atoms with Gasteiger partial charge in [-0.15, -0.1) is 10.2 Å². The number of thioether (sulfide) groups is 1. The zero-order valence-electron chi connectivity index (χ0n) is 17.7. The number of carbonyl (C=O) groups is 1. The summed E-state index contributed by atoms with van der Waals surface area (Å²) in [5.41, 5.74) is 1.84. The van der Waals surface area contributed by atoms with E-state index in [9.17, 15) is 9.18 Å². The maximum atomic E-state index is 14.7. The number of hydrogen-bond donors (Lipinski definition) is 1. The molecule has 0 aliphatic carbocycles. The molecule has 6 nitrogen and oxygen atoms in total. The molecule has 4 aromatic rings. The predicted molar refractivity (Wildman–Crippen MR) is 127 cm³/mol. The van der Waals surface area contributed by atoms with Crippen molar-refractivity contribution < 1.29 is 13.9 Å². The molecule has 0 bridgehead atoms. The molecule has 1 heterocycles. The van der Waals surface area contributed by atoms with E-state index >= 15 is 0 Å². The number of nitrogens with zero attached hydrogens (tertiary/aromatic N) is 3. The molecule has 0 fully saturated rings. The highest BCUT2D eigenvalue weighted by Crippen LogP contribution is 2.32. The number of ether oxygens (including phenoxy) is 1. The summed E-state index contributed by atoms with van der Waals surface area (Å²) in [4.78, 5) is 12.4. The first-order chi connectivity index (χ1) is 16.1. The lowest BCUT2D eigenvalue weighted by molar-refractivity contribution is -0.118. The first-order valence-electron chi connectivity index (χ1n) is 10.0. The van der Waals surface area contributed by atoms with E-state index in [0.717, 1.165) is 11.3 Å². The molecule has 9 heteroatoms. The highest BCUT2D eigenvalue weighted by atomic mass is 35.5. The Labute approximate surface area is 199 Å². The van der Waals surface area contributed by atoms with Gasteiger partial charge in [0.2, 0.25) is 5.91 Å². The molecule has 168 valence electrons. The van der Waals surface area contributed by atoms with E-state index in [1.54, 1.807) is 48.1 Å². The minimum absolute atomic E-state index is 0.0886. The Balaban J connectivity index is 1.53. The van der Waals surface area contributed by atoms with Gasteiger partial charge in [-0.25, -0.2) is 4.39 Å². The molecule has 3 aromatic carbocycles. The molecule has 0 saturated heterocycles. The predicted octanol–water partition coefficient (Wildman–Crippen LogP) is 5.14. The number of carbonyl (C=O) groups excluding carboxylic acids is 1. The molecule has 0 radical (unpaired) electrons. The van der Waals surface area contributed by atoms with Gasteiger partial charge in [0, 0.05) is 12.1 Å². The van der Waals surface area contributed by atoms with Crippen LogP contribution in [0.15, 0.2) is 78.0 Å². The van der Waals surface area contributed by atoms with E-state index < -0.39 is 5.82 Å². The molecule has 0 atom stereocenters. The first-order valence-corrected chi connectivity index (χ1v) is 11.4. The van der Waals surface area contributed by atoms with Crippen LogP contribution in [0.5, 0.6) is 5.75 Å². The fraction of sp³-hybridized carbons (Fsp3) is 0.125. The van der Waals surface area contributed by atoms with Gasteiger partial charge in [0.15, 0.2) is 11.0 Å². The Bertz CT molecular complexity index is 1260. The van der Waals surface area contributed by atoms with Crippen molar-refractivity contribution in [3.8, 4) is 22.8 Å². The zero-order chi connectivity index (χ0) is 23.2. The lowest BCUT2D eigenvalue weighted by atomic mass is 10.2. The summed E-state index contributed by atoms with van der Waals surface area (Å²) in [5, 5.41) is 12.2. The van der Waals surface area contributed by atoms with E-state index in [-0.39, 0.29) is 17.3 Å². The van der Waals surface area contributed by atoms with Gasteiger partial charge in [0.1, 0.15) is 11.6 Å². The number of benzene rings is 3. The summed E-state index contributed by atoms with van der Waals surface area (Å²) in [5.74, 6) is 0.620. The van der Waals surface area contributed by atoms with Crippen LogP contribution in [0.2, 0.25) is 5.02 Å². The average Bonchev–Trinajstić information content (AvgIpc) is 3.25. The highest BCUT2D eigenvalue weighted by Gasteiger charge is 2.20. The number of methoxy groups -OCH3 is 1. The molecule has 0 spiro atoms. The lowest BCUT2D eigenvalue weighted by Gasteiger charge is -2.12. The summed E-state index contributed by atoms with van der Waals surface area (Å²) >= 11 is 7.53. The van der Waals surface area contributed by atoms with Crippen molar-refractivity contribution in [1.29, 1.82) is 0 Å². The number of aromatic nitrogens is 3. The fourth-order valence-electron chi connectivity index (χ4n) is 3.16. The van der Waals surface area contributed by atoms with Crippen molar-refractivity contribution in [2.45, 2.75) is 11.7 Å². The van der Waals surface area contributed by atoms with Gasteiger partial charge in [0.25, 0.3) is 0 Å². The van der Waals surface area contributed by atoms with Gasteiger partial charge >= 0.3 is 0 Å². The van der Waals surface area contributed by atoms with Crippen LogP contribution in [0.25, 0.3) is 17.1 Å². The number of hydrogen-bond acceptors (Lipinski definition) is 5. The maximum absolute atomic E-state index is 14.7. The van der Waals surface area contributed by atoms with Gasteiger partial charge in [-0.2, -0.15) is 0 Å². The highest BCUT2D eigenvalue weighted by molar-refractivity contribution is 7.99. The summed E-state index contributed by atoms with van der Waals surface area (Å²) < 4.78 is 21.4. The van der Waals surface area contributed by atoms with Gasteiger partial charge in [-0.3, -0.25) is 9.36 Å². The SMILES string of the molecule is COc1ccc(CNC(=O)CSc2nnc(-c3ccccc3Cl)n2-c2ccccc2F)cc1. The Hall–Kier alpha value is -3.36. The fourth-order valence-corrected chi connectivity index (χ4v) is 4.15. The molecular weight excluding hydrogens is 463 g/mol. The van der Waals surface area contributed by atoms with Crippen molar-refractivity contribution in [1.82, 2.24) is 20.1 Å². The number of halogens is 2. The smallest absolute Gasteiger partial charge is 0.230 e. The van der Waals surface area contributed by atoms with Crippen LogP contribution < -0.4 is 10.1 Å². The van der Waals surface area contributed by atoms with Crippen LogP contribution in [0.1, 0.15) is 5.56 Å². The third kappa shape index (κ3) is 5.35. The molecule has 4 rings (SSSR count). The quantitative estimate of drug-likeness (QED) is 0.352. The molecule has 0 aliphatic rings. The van der Waals surface area contributed by atoms with Crippen LogP contribution in [0.4, 0.5) is 4.39 Å². The average molecular weight is 483 g/mol. The van der Waals surface area contributed by atoms with E-state index in [2.05, 4.69) is 15.5 Å². The second-order valence-corrected chi connectivity index (χ2v) is 8.34. The Kier molecular flexibility index (Phi) is 7.26. The third-order valence-corrected chi connectivity index (χ3v) is 6.08. The molecule has 1 aromatic heterocycles. The number of nitrogens with one attached hydrogen (secondary N) is 1. The summed E-state index contributed by atoms with van der Waals surface area (Å²) in [6.45, 7) is 0.383. The molecular formula is C24H20ClFN4O2S. The number of rotatable bonds is 8. The Morgan fingerprint density at radius 2 is 1.79 bits per heavy atom. The van der Waals surface area contributed by atoms with Gasteiger partial charge in [-0.1, -0.05) is 59.8 Å². The second-order valence-electron chi connectivity index (χ2n) is 6.99. The normalized spacial score (nSPS) is 10.8. The van der Waals surface area contributed by atoms with Crippen molar-refractivity contribution in [2.75, 3.05) is 12.9 Å². The standard InChI is InChI=1S/C24H20ClFN4O2S/c1-32-17-12-10-16(11-13-17)14-27-22(31)15-33-24-29-28-23(18-6-2-3-7-19(18)25)30(24)21-9-5-4-8-20(21)26/h2-13H,14-15H2,1H3,(H,27,31). The van der Waals surface area contributed by atoms with Gasteiger partial charge < -0.3 is 10.1 Å². The molecule has 33 heavy (non-hydrogen) atoms. The molecule has 0 aliphatic heterocycles. The Morgan fingerprint density at radius 1 is 1.06 bits per heavy atom. The summed E-state index contributed by atoms with van der Waals surface area (Å²) in [7, 11) is 1.60. The molecule has 1 N–H and O–H groups in total. The van der Waals surface area contributed by atoms with E-state index in [1.807, 2.05) is 30.3 Å². The van der Waals surface area contributed by atoms with Crippen LogP contribution in [-0.4, -0.2) is 33.5 Å². The van der Waals surface area contributed by atoms with Crippen molar-refractivity contribution in [3.05, 3.63) is 89.2 Å².